The summed E-state index contributed by atoms with van der Waals surface area (Å²) in [6.07, 6.45) is 78.7. The Morgan fingerprint density at radius 3 is 0.773 bits per heavy atom. The Bertz CT molecular complexity index is 1250. The van der Waals surface area contributed by atoms with Crippen LogP contribution in [0.15, 0.2) is 36.5 Å². The molecule has 0 radical (unpaired) electrons. The summed E-state index contributed by atoms with van der Waals surface area (Å²) >= 11 is 0. The summed E-state index contributed by atoms with van der Waals surface area (Å²) < 4.78 is 17.0. The SMILES string of the molecule is CCCCC/C=C\C/C=C\CCCCCCCC(=O)OCC(COC(=O)CCCCCCCCCCCCCCCCCCCCCCCCC)OC(=O)CCCCCCCCCCC/C=C\CCCCCCCC. The van der Waals surface area contributed by atoms with E-state index >= 15 is 0 Å². The second kappa shape index (κ2) is 64.2. The van der Waals surface area contributed by atoms with Crippen molar-refractivity contribution in [3.8, 4) is 0 Å². The van der Waals surface area contributed by atoms with Gasteiger partial charge >= 0.3 is 17.9 Å². The van der Waals surface area contributed by atoms with E-state index in [-0.39, 0.29) is 31.1 Å². The Balaban J connectivity index is 4.29. The van der Waals surface area contributed by atoms with Crippen molar-refractivity contribution >= 4 is 17.9 Å². The summed E-state index contributed by atoms with van der Waals surface area (Å²) in [5.41, 5.74) is 0. The molecule has 6 heteroatoms. The number of hydrogen-bond donors (Lipinski definition) is 0. The first-order chi connectivity index (χ1) is 37.0. The number of esters is 3. The maximum absolute atomic E-state index is 12.9. The van der Waals surface area contributed by atoms with Gasteiger partial charge in [0.1, 0.15) is 13.2 Å². The van der Waals surface area contributed by atoms with Crippen LogP contribution in [-0.4, -0.2) is 37.2 Å². The van der Waals surface area contributed by atoms with E-state index in [0.717, 1.165) is 77.0 Å². The van der Waals surface area contributed by atoms with E-state index in [1.165, 1.54) is 250 Å². The summed E-state index contributed by atoms with van der Waals surface area (Å²) in [6.45, 7) is 6.66. The number of ether oxygens (including phenoxy) is 3. The van der Waals surface area contributed by atoms with Crippen molar-refractivity contribution in [2.24, 2.45) is 0 Å². The average molecular weight is 1050 g/mol. The molecule has 0 rings (SSSR count). The predicted octanol–water partition coefficient (Wildman–Crippen LogP) is 22.8. The summed E-state index contributed by atoms with van der Waals surface area (Å²) in [7, 11) is 0. The van der Waals surface area contributed by atoms with E-state index in [4.69, 9.17) is 14.2 Å². The van der Waals surface area contributed by atoms with Gasteiger partial charge in [0.05, 0.1) is 0 Å². The molecular weight excluding hydrogens is 925 g/mol. The van der Waals surface area contributed by atoms with Crippen LogP contribution in [0.25, 0.3) is 0 Å². The smallest absolute Gasteiger partial charge is 0.306 e. The Morgan fingerprint density at radius 2 is 0.480 bits per heavy atom. The third-order valence-corrected chi connectivity index (χ3v) is 15.1. The van der Waals surface area contributed by atoms with Gasteiger partial charge in [-0.2, -0.15) is 0 Å². The number of carbonyl (C=O) groups is 3. The first kappa shape index (κ1) is 72.6. The van der Waals surface area contributed by atoms with Gasteiger partial charge in [0.15, 0.2) is 6.10 Å². The van der Waals surface area contributed by atoms with Crippen LogP contribution < -0.4 is 0 Å². The van der Waals surface area contributed by atoms with Gasteiger partial charge in [-0.05, 0) is 77.0 Å². The normalized spacial score (nSPS) is 12.2. The van der Waals surface area contributed by atoms with Gasteiger partial charge in [-0.15, -0.1) is 0 Å². The van der Waals surface area contributed by atoms with Crippen molar-refractivity contribution in [1.29, 1.82) is 0 Å². The van der Waals surface area contributed by atoms with E-state index in [1.54, 1.807) is 0 Å². The molecule has 0 amide bonds. The zero-order valence-corrected chi connectivity index (χ0v) is 50.6. The molecule has 0 aliphatic heterocycles. The molecule has 0 aromatic rings. The molecule has 0 aliphatic carbocycles. The lowest BCUT2D eigenvalue weighted by Gasteiger charge is -2.18. The summed E-state index contributed by atoms with van der Waals surface area (Å²) in [6, 6.07) is 0. The monoisotopic (exact) mass is 1050 g/mol. The quantitative estimate of drug-likeness (QED) is 0.0261. The fraction of sp³-hybridized carbons (Fsp3) is 0.870. The standard InChI is InChI=1S/C69H128O6/c1-4-7-10-13-16-19-22-25-28-30-32-33-34-35-37-38-41-44-47-50-53-56-59-62-68(71)74-65-66(64-73-67(70)61-58-55-52-49-46-43-40-27-24-21-18-15-12-9-6-3)75-69(72)63-60-57-54-51-48-45-42-39-36-31-29-26-23-20-17-14-11-8-5-2/h18,21,26-27,29,40,66H,4-17,19-20,22-25,28,30-39,41-65H2,1-3H3/b21-18-,29-26-,40-27-. The number of carbonyl (C=O) groups excluding carboxylic acids is 3. The Kier molecular flexibility index (Phi) is 62.1. The maximum atomic E-state index is 12.9. The second-order valence-electron chi connectivity index (χ2n) is 22.7. The fourth-order valence-electron chi connectivity index (χ4n) is 10.1. The van der Waals surface area contributed by atoms with E-state index in [9.17, 15) is 14.4 Å². The van der Waals surface area contributed by atoms with E-state index in [1.807, 2.05) is 0 Å². The van der Waals surface area contributed by atoms with Crippen LogP contribution in [0.3, 0.4) is 0 Å². The van der Waals surface area contributed by atoms with Crippen molar-refractivity contribution in [1.82, 2.24) is 0 Å². The van der Waals surface area contributed by atoms with Crippen molar-refractivity contribution < 1.29 is 28.6 Å². The summed E-state index contributed by atoms with van der Waals surface area (Å²) in [4.78, 5) is 38.4. The van der Waals surface area contributed by atoms with Gasteiger partial charge < -0.3 is 14.2 Å². The average Bonchev–Trinajstić information content (AvgIpc) is 3.41. The second-order valence-corrected chi connectivity index (χ2v) is 22.7. The molecule has 0 aromatic carbocycles. The van der Waals surface area contributed by atoms with Crippen LogP contribution in [0, 0.1) is 0 Å². The van der Waals surface area contributed by atoms with Gasteiger partial charge in [0.2, 0.25) is 0 Å². The molecule has 0 bridgehead atoms. The lowest BCUT2D eigenvalue weighted by atomic mass is 10.0. The topological polar surface area (TPSA) is 78.9 Å². The molecule has 0 saturated carbocycles. The van der Waals surface area contributed by atoms with Gasteiger partial charge in [-0.3, -0.25) is 14.4 Å². The predicted molar refractivity (Wildman–Crippen MR) is 326 cm³/mol. The summed E-state index contributed by atoms with van der Waals surface area (Å²) in [5.74, 6) is -0.864. The minimum atomic E-state index is -0.778. The lowest BCUT2D eigenvalue weighted by molar-refractivity contribution is -0.167. The number of allylic oxidation sites excluding steroid dienone is 6. The van der Waals surface area contributed by atoms with Crippen LogP contribution in [0.2, 0.25) is 0 Å². The zero-order chi connectivity index (χ0) is 54.3. The van der Waals surface area contributed by atoms with Gasteiger partial charge in [0, 0.05) is 19.3 Å². The van der Waals surface area contributed by atoms with Crippen molar-refractivity contribution in [3.05, 3.63) is 36.5 Å². The third-order valence-electron chi connectivity index (χ3n) is 15.1. The van der Waals surface area contributed by atoms with Crippen LogP contribution >= 0.6 is 0 Å². The molecule has 0 heterocycles. The molecule has 1 unspecified atom stereocenters. The van der Waals surface area contributed by atoms with E-state index in [0.29, 0.717) is 19.3 Å². The molecule has 0 N–H and O–H groups in total. The maximum Gasteiger partial charge on any atom is 0.306 e. The number of unbranched alkanes of at least 4 members (excludes halogenated alkanes) is 45. The molecule has 0 aromatic heterocycles. The van der Waals surface area contributed by atoms with Crippen molar-refractivity contribution in [3.63, 3.8) is 0 Å². The Labute approximate surface area is 467 Å². The molecule has 1 atom stereocenters. The highest BCUT2D eigenvalue weighted by Crippen LogP contribution is 2.18. The first-order valence-electron chi connectivity index (χ1n) is 33.5. The lowest BCUT2D eigenvalue weighted by Crippen LogP contribution is -2.30. The number of hydrogen-bond acceptors (Lipinski definition) is 6. The first-order valence-corrected chi connectivity index (χ1v) is 33.5. The van der Waals surface area contributed by atoms with Crippen LogP contribution in [0.5, 0.6) is 0 Å². The molecular formula is C69H128O6. The highest BCUT2D eigenvalue weighted by atomic mass is 16.6. The molecule has 440 valence electrons. The van der Waals surface area contributed by atoms with E-state index < -0.39 is 6.10 Å². The summed E-state index contributed by atoms with van der Waals surface area (Å²) in [5, 5.41) is 0. The molecule has 0 saturated heterocycles. The minimum Gasteiger partial charge on any atom is -0.462 e. The molecule has 0 spiro atoms. The third kappa shape index (κ3) is 62.4. The van der Waals surface area contributed by atoms with E-state index in [2.05, 4.69) is 57.2 Å². The molecule has 6 nitrogen and oxygen atoms in total. The Hall–Kier alpha value is -2.37. The minimum absolute atomic E-state index is 0.0730. The largest absolute Gasteiger partial charge is 0.462 e. The number of rotatable bonds is 62. The van der Waals surface area contributed by atoms with Crippen LogP contribution in [0.4, 0.5) is 0 Å². The van der Waals surface area contributed by atoms with Crippen LogP contribution in [-0.2, 0) is 28.6 Å². The highest BCUT2D eigenvalue weighted by Gasteiger charge is 2.19. The molecule has 0 aliphatic rings. The van der Waals surface area contributed by atoms with Gasteiger partial charge in [-0.1, -0.05) is 308 Å². The van der Waals surface area contributed by atoms with Gasteiger partial charge in [0.25, 0.3) is 0 Å². The van der Waals surface area contributed by atoms with Crippen LogP contribution in [0.1, 0.15) is 367 Å². The van der Waals surface area contributed by atoms with Gasteiger partial charge in [-0.25, -0.2) is 0 Å². The van der Waals surface area contributed by atoms with Crippen molar-refractivity contribution in [2.75, 3.05) is 13.2 Å². The zero-order valence-electron chi connectivity index (χ0n) is 50.6. The highest BCUT2D eigenvalue weighted by molar-refractivity contribution is 5.71. The molecule has 0 fully saturated rings. The molecule has 75 heavy (non-hydrogen) atoms. The Morgan fingerprint density at radius 1 is 0.267 bits per heavy atom. The fourth-order valence-corrected chi connectivity index (χ4v) is 10.1. The van der Waals surface area contributed by atoms with Crippen molar-refractivity contribution in [2.45, 2.75) is 374 Å².